The molecule has 1 amide bonds. The van der Waals surface area contributed by atoms with Crippen LogP contribution >= 0.6 is 0 Å². The summed E-state index contributed by atoms with van der Waals surface area (Å²) in [5.74, 6) is 0.241. The van der Waals surface area contributed by atoms with Crippen molar-refractivity contribution in [2.75, 3.05) is 26.7 Å². The van der Waals surface area contributed by atoms with Crippen LogP contribution in [0.15, 0.2) is 24.3 Å². The molecule has 0 atom stereocenters. The summed E-state index contributed by atoms with van der Waals surface area (Å²) in [6.45, 7) is 3.65. The van der Waals surface area contributed by atoms with E-state index in [1.165, 1.54) is 5.56 Å². The molecule has 0 saturated carbocycles. The summed E-state index contributed by atoms with van der Waals surface area (Å²) >= 11 is 0. The van der Waals surface area contributed by atoms with Crippen molar-refractivity contribution in [2.24, 2.45) is 5.73 Å². The maximum atomic E-state index is 12.1. The number of likely N-dealkylation sites (tertiary alicyclic amines) is 1. The number of amides is 1. The molecule has 0 bridgehead atoms. The molecule has 1 aromatic rings. The van der Waals surface area contributed by atoms with E-state index in [0.717, 1.165) is 38.0 Å². The number of rotatable bonds is 5. The molecule has 2 rings (SSSR count). The first-order valence-electron chi connectivity index (χ1n) is 6.94. The number of benzene rings is 1. The lowest BCUT2D eigenvalue weighted by molar-refractivity contribution is -0.131. The van der Waals surface area contributed by atoms with Gasteiger partial charge in [0.25, 0.3) is 0 Å². The minimum atomic E-state index is 0.241. The second-order valence-corrected chi connectivity index (χ2v) is 5.23. The van der Waals surface area contributed by atoms with E-state index in [1.807, 2.05) is 30.1 Å². The van der Waals surface area contributed by atoms with Gasteiger partial charge >= 0.3 is 0 Å². The maximum absolute atomic E-state index is 12.1. The summed E-state index contributed by atoms with van der Waals surface area (Å²) < 4.78 is 0. The molecule has 1 aromatic carbocycles. The molecule has 19 heavy (non-hydrogen) atoms. The topological polar surface area (TPSA) is 49.6 Å². The van der Waals surface area contributed by atoms with Crippen LogP contribution in [0, 0.1) is 0 Å². The van der Waals surface area contributed by atoms with E-state index in [2.05, 4.69) is 11.0 Å². The van der Waals surface area contributed by atoms with E-state index >= 15 is 0 Å². The quantitative estimate of drug-likeness (QED) is 0.866. The third kappa shape index (κ3) is 3.78. The molecule has 4 heteroatoms. The zero-order valence-electron chi connectivity index (χ0n) is 11.6. The molecule has 0 radical (unpaired) electrons. The number of carbonyl (C=O) groups is 1. The van der Waals surface area contributed by atoms with E-state index < -0.39 is 0 Å². The highest BCUT2D eigenvalue weighted by Gasteiger charge is 2.19. The summed E-state index contributed by atoms with van der Waals surface area (Å²) in [7, 11) is 1.99. The average molecular weight is 261 g/mol. The Morgan fingerprint density at radius 1 is 1.26 bits per heavy atom. The van der Waals surface area contributed by atoms with Gasteiger partial charge in [0, 0.05) is 26.2 Å². The smallest absolute Gasteiger partial charge is 0.236 e. The molecule has 2 N–H and O–H groups in total. The molecule has 1 fully saturated rings. The second-order valence-electron chi connectivity index (χ2n) is 5.23. The van der Waals surface area contributed by atoms with Gasteiger partial charge in [-0.2, -0.15) is 0 Å². The number of likely N-dealkylation sites (N-methyl/N-ethyl adjacent to an activating group) is 1. The van der Waals surface area contributed by atoms with E-state index in [4.69, 9.17) is 5.73 Å². The standard InChI is InChI=1S/C15H23N3O/c1-17(12-15(19)18-8-4-5-9-18)11-14-7-3-2-6-13(14)10-16/h2-3,6-7H,4-5,8-12,16H2,1H3. The predicted octanol–water partition coefficient (Wildman–Crippen LogP) is 1.20. The van der Waals surface area contributed by atoms with Crippen molar-refractivity contribution in [1.82, 2.24) is 9.80 Å². The molecule has 0 aliphatic carbocycles. The highest BCUT2D eigenvalue weighted by Crippen LogP contribution is 2.12. The summed E-state index contributed by atoms with van der Waals surface area (Å²) in [5.41, 5.74) is 8.10. The zero-order valence-corrected chi connectivity index (χ0v) is 11.6. The van der Waals surface area contributed by atoms with Crippen molar-refractivity contribution in [1.29, 1.82) is 0 Å². The zero-order chi connectivity index (χ0) is 13.7. The van der Waals surface area contributed by atoms with Gasteiger partial charge in [-0.15, -0.1) is 0 Å². The van der Waals surface area contributed by atoms with Gasteiger partial charge in [0.15, 0.2) is 0 Å². The van der Waals surface area contributed by atoms with Crippen molar-refractivity contribution in [3.8, 4) is 0 Å². The van der Waals surface area contributed by atoms with E-state index in [-0.39, 0.29) is 5.91 Å². The molecular formula is C15H23N3O. The highest BCUT2D eigenvalue weighted by atomic mass is 16.2. The van der Waals surface area contributed by atoms with E-state index in [1.54, 1.807) is 0 Å². The maximum Gasteiger partial charge on any atom is 0.236 e. The van der Waals surface area contributed by atoms with Gasteiger partial charge < -0.3 is 10.6 Å². The summed E-state index contributed by atoms with van der Waals surface area (Å²) in [4.78, 5) is 16.1. The molecule has 104 valence electrons. The summed E-state index contributed by atoms with van der Waals surface area (Å²) in [6.07, 6.45) is 2.29. The monoisotopic (exact) mass is 261 g/mol. The van der Waals surface area contributed by atoms with Gasteiger partial charge in [-0.25, -0.2) is 0 Å². The Bertz CT molecular complexity index is 427. The van der Waals surface area contributed by atoms with Crippen LogP contribution in [0.5, 0.6) is 0 Å². The van der Waals surface area contributed by atoms with Crippen LogP contribution in [0.1, 0.15) is 24.0 Å². The molecule has 1 aliphatic heterocycles. The first-order valence-corrected chi connectivity index (χ1v) is 6.94. The number of nitrogens with zero attached hydrogens (tertiary/aromatic N) is 2. The Kier molecular flexibility index (Phi) is 4.93. The predicted molar refractivity (Wildman–Crippen MR) is 76.5 cm³/mol. The lowest BCUT2D eigenvalue weighted by Gasteiger charge is -2.22. The van der Waals surface area contributed by atoms with E-state index in [0.29, 0.717) is 13.1 Å². The number of carbonyl (C=O) groups excluding carboxylic acids is 1. The van der Waals surface area contributed by atoms with Crippen LogP contribution < -0.4 is 5.73 Å². The Labute approximate surface area is 115 Å². The van der Waals surface area contributed by atoms with Gasteiger partial charge in [-0.1, -0.05) is 24.3 Å². The van der Waals surface area contributed by atoms with Crippen molar-refractivity contribution in [3.05, 3.63) is 35.4 Å². The van der Waals surface area contributed by atoms with Crippen LogP contribution in [0.25, 0.3) is 0 Å². The number of nitrogens with two attached hydrogens (primary N) is 1. The van der Waals surface area contributed by atoms with Crippen molar-refractivity contribution < 1.29 is 4.79 Å². The Balaban J connectivity index is 1.89. The highest BCUT2D eigenvalue weighted by molar-refractivity contribution is 5.78. The normalized spacial score (nSPS) is 15.2. The lowest BCUT2D eigenvalue weighted by Crippen LogP contribution is -2.37. The van der Waals surface area contributed by atoms with Crippen LogP contribution in [-0.2, 0) is 17.9 Å². The molecule has 1 aliphatic rings. The molecule has 0 aromatic heterocycles. The van der Waals surface area contributed by atoms with Crippen molar-refractivity contribution in [2.45, 2.75) is 25.9 Å². The fourth-order valence-electron chi connectivity index (χ4n) is 2.56. The van der Waals surface area contributed by atoms with Crippen molar-refractivity contribution in [3.63, 3.8) is 0 Å². The minimum Gasteiger partial charge on any atom is -0.342 e. The minimum absolute atomic E-state index is 0.241. The summed E-state index contributed by atoms with van der Waals surface area (Å²) in [6, 6.07) is 8.15. The van der Waals surface area contributed by atoms with Gasteiger partial charge in [-0.05, 0) is 31.0 Å². The van der Waals surface area contributed by atoms with Crippen LogP contribution in [0.2, 0.25) is 0 Å². The number of hydrogen-bond donors (Lipinski definition) is 1. The Morgan fingerprint density at radius 3 is 2.53 bits per heavy atom. The van der Waals surface area contributed by atoms with Gasteiger partial charge in [-0.3, -0.25) is 9.69 Å². The van der Waals surface area contributed by atoms with E-state index in [9.17, 15) is 4.79 Å². The van der Waals surface area contributed by atoms with Gasteiger partial charge in [0.1, 0.15) is 0 Å². The molecule has 4 nitrogen and oxygen atoms in total. The molecule has 1 saturated heterocycles. The second kappa shape index (κ2) is 6.68. The molecule has 1 heterocycles. The fourth-order valence-corrected chi connectivity index (χ4v) is 2.56. The number of hydrogen-bond acceptors (Lipinski definition) is 3. The largest absolute Gasteiger partial charge is 0.342 e. The van der Waals surface area contributed by atoms with Crippen LogP contribution in [0.3, 0.4) is 0 Å². The lowest BCUT2D eigenvalue weighted by atomic mass is 10.1. The van der Waals surface area contributed by atoms with Gasteiger partial charge in [0.2, 0.25) is 5.91 Å². The Hall–Kier alpha value is -1.39. The first kappa shape index (κ1) is 14.0. The molecular weight excluding hydrogens is 238 g/mol. The molecule has 0 unspecified atom stereocenters. The fraction of sp³-hybridized carbons (Fsp3) is 0.533. The van der Waals surface area contributed by atoms with Gasteiger partial charge in [0.05, 0.1) is 6.54 Å². The van der Waals surface area contributed by atoms with Crippen LogP contribution in [-0.4, -0.2) is 42.4 Å². The molecule has 0 spiro atoms. The third-order valence-electron chi connectivity index (χ3n) is 3.64. The van der Waals surface area contributed by atoms with Crippen LogP contribution in [0.4, 0.5) is 0 Å². The third-order valence-corrected chi connectivity index (χ3v) is 3.64. The Morgan fingerprint density at radius 2 is 1.89 bits per heavy atom. The van der Waals surface area contributed by atoms with Crippen molar-refractivity contribution >= 4 is 5.91 Å². The average Bonchev–Trinajstić information content (AvgIpc) is 2.93. The first-order chi connectivity index (χ1) is 9.20. The summed E-state index contributed by atoms with van der Waals surface area (Å²) in [5, 5.41) is 0. The SMILES string of the molecule is CN(CC(=O)N1CCCC1)Cc1ccccc1CN.